The summed E-state index contributed by atoms with van der Waals surface area (Å²) in [5.41, 5.74) is 0. The van der Waals surface area contributed by atoms with Gasteiger partial charge in [-0.15, -0.1) is 13.2 Å². The topological polar surface area (TPSA) is 30.5 Å². The normalized spacial score (nSPS) is 16.6. The summed E-state index contributed by atoms with van der Waals surface area (Å²) in [4.78, 5) is 0. The van der Waals surface area contributed by atoms with E-state index in [-0.39, 0.29) is 10.2 Å². The molecule has 0 amide bonds. The molecule has 21 heavy (non-hydrogen) atoms. The lowest BCUT2D eigenvalue weighted by atomic mass is 10.2. The first-order valence-corrected chi connectivity index (χ1v) is 7.56. The number of nitrogens with one attached hydrogen (secondary N) is 1. The smallest absolute Gasteiger partial charge is 0.492 e. The van der Waals surface area contributed by atoms with Crippen LogP contribution in [-0.2, 0) is 0 Å². The molecule has 0 bridgehead atoms. The lowest BCUT2D eigenvalue weighted by molar-refractivity contribution is -0.274. The van der Waals surface area contributed by atoms with Gasteiger partial charge >= 0.3 is 6.36 Å². The van der Waals surface area contributed by atoms with Gasteiger partial charge in [-0.3, -0.25) is 0 Å². The van der Waals surface area contributed by atoms with Crippen molar-refractivity contribution in [1.29, 1.82) is 0 Å². The van der Waals surface area contributed by atoms with Crippen molar-refractivity contribution in [3.05, 3.63) is 22.7 Å². The Hall–Kier alpha value is -0.950. The molecule has 2 rings (SSSR count). The maximum absolute atomic E-state index is 12.1. The Morgan fingerprint density at radius 3 is 2.67 bits per heavy atom. The molecule has 1 saturated carbocycles. The van der Waals surface area contributed by atoms with Gasteiger partial charge in [0.2, 0.25) is 0 Å². The molecule has 1 atom stereocenters. The summed E-state index contributed by atoms with van der Waals surface area (Å²) in [6.07, 6.45) is -2.14. The average molecular weight is 368 g/mol. The first-order chi connectivity index (χ1) is 9.85. The Balaban J connectivity index is 1.77. The zero-order valence-corrected chi connectivity index (χ0v) is 13.1. The largest absolute Gasteiger partial charge is 0.573 e. The number of hydrogen-bond acceptors (Lipinski definition) is 3. The van der Waals surface area contributed by atoms with E-state index in [1.807, 2.05) is 0 Å². The maximum atomic E-state index is 12.1. The fourth-order valence-corrected chi connectivity index (χ4v) is 2.44. The van der Waals surface area contributed by atoms with E-state index in [0.29, 0.717) is 24.9 Å². The Bertz CT molecular complexity index is 478. The molecule has 1 aromatic rings. The van der Waals surface area contributed by atoms with Crippen molar-refractivity contribution in [2.75, 3.05) is 13.2 Å². The van der Waals surface area contributed by atoms with Crippen molar-refractivity contribution in [3.8, 4) is 11.5 Å². The second-order valence-electron chi connectivity index (χ2n) is 5.07. The van der Waals surface area contributed by atoms with Gasteiger partial charge in [0.05, 0.1) is 4.47 Å². The molecule has 3 nitrogen and oxygen atoms in total. The Kier molecular flexibility index (Phi) is 5.37. The third-order valence-corrected chi connectivity index (χ3v) is 3.91. The van der Waals surface area contributed by atoms with Crippen LogP contribution < -0.4 is 14.8 Å². The molecule has 1 N–H and O–H groups in total. The van der Waals surface area contributed by atoms with Gasteiger partial charge in [0.15, 0.2) is 0 Å². The van der Waals surface area contributed by atoms with E-state index in [0.717, 1.165) is 5.92 Å². The molecule has 118 valence electrons. The summed E-state index contributed by atoms with van der Waals surface area (Å²) < 4.78 is 46.0. The highest BCUT2D eigenvalue weighted by molar-refractivity contribution is 9.10. The Morgan fingerprint density at radius 2 is 2.10 bits per heavy atom. The second-order valence-corrected chi connectivity index (χ2v) is 5.92. The average Bonchev–Trinajstić information content (AvgIpc) is 3.20. The minimum absolute atomic E-state index is 0.205. The molecule has 0 spiro atoms. The molecule has 0 heterocycles. The van der Waals surface area contributed by atoms with Crippen LogP contribution in [0.2, 0.25) is 0 Å². The van der Waals surface area contributed by atoms with Gasteiger partial charge < -0.3 is 14.8 Å². The zero-order chi connectivity index (χ0) is 15.5. The number of ether oxygens (including phenoxy) is 2. The number of alkyl halides is 3. The maximum Gasteiger partial charge on any atom is 0.573 e. The third-order valence-electron chi connectivity index (χ3n) is 3.30. The SMILES string of the molecule is CC(NCCOc1ccc(OC(F)(F)F)c(Br)c1)C1CC1. The van der Waals surface area contributed by atoms with Crippen LogP contribution in [0.4, 0.5) is 13.2 Å². The predicted octanol–water partition coefficient (Wildman–Crippen LogP) is 4.11. The number of benzene rings is 1. The van der Waals surface area contributed by atoms with Gasteiger partial charge in [0, 0.05) is 12.6 Å². The van der Waals surface area contributed by atoms with E-state index in [1.54, 1.807) is 0 Å². The predicted molar refractivity (Wildman–Crippen MR) is 76.5 cm³/mol. The molecule has 1 aromatic carbocycles. The molecule has 1 fully saturated rings. The highest BCUT2D eigenvalue weighted by Gasteiger charge is 2.32. The highest BCUT2D eigenvalue weighted by atomic mass is 79.9. The Morgan fingerprint density at radius 1 is 1.38 bits per heavy atom. The number of rotatable bonds is 7. The van der Waals surface area contributed by atoms with E-state index in [1.165, 1.54) is 31.0 Å². The van der Waals surface area contributed by atoms with E-state index in [9.17, 15) is 13.2 Å². The van der Waals surface area contributed by atoms with Crippen LogP contribution in [0.3, 0.4) is 0 Å². The van der Waals surface area contributed by atoms with Crippen molar-refractivity contribution < 1.29 is 22.6 Å². The fraction of sp³-hybridized carbons (Fsp3) is 0.571. The molecular weight excluding hydrogens is 351 g/mol. The zero-order valence-electron chi connectivity index (χ0n) is 11.5. The third kappa shape index (κ3) is 5.74. The quantitative estimate of drug-likeness (QED) is 0.735. The van der Waals surface area contributed by atoms with Crippen LogP contribution in [0, 0.1) is 5.92 Å². The summed E-state index contributed by atoms with van der Waals surface area (Å²) in [5.74, 6) is 0.991. The molecule has 7 heteroatoms. The van der Waals surface area contributed by atoms with E-state index >= 15 is 0 Å². The van der Waals surface area contributed by atoms with Gasteiger partial charge in [-0.05, 0) is 59.8 Å². The summed E-state index contributed by atoms with van der Waals surface area (Å²) in [6.45, 7) is 3.32. The van der Waals surface area contributed by atoms with Crippen LogP contribution in [0.1, 0.15) is 19.8 Å². The van der Waals surface area contributed by atoms with Gasteiger partial charge in [0.1, 0.15) is 18.1 Å². The van der Waals surface area contributed by atoms with Crippen molar-refractivity contribution in [2.24, 2.45) is 5.92 Å². The molecule has 0 aromatic heterocycles. The molecule has 0 aliphatic heterocycles. The Labute approximate surface area is 129 Å². The minimum atomic E-state index is -4.70. The van der Waals surface area contributed by atoms with Crippen LogP contribution in [0.15, 0.2) is 22.7 Å². The van der Waals surface area contributed by atoms with E-state index in [4.69, 9.17) is 4.74 Å². The van der Waals surface area contributed by atoms with Gasteiger partial charge in [-0.1, -0.05) is 0 Å². The van der Waals surface area contributed by atoms with Crippen molar-refractivity contribution in [1.82, 2.24) is 5.32 Å². The summed E-state index contributed by atoms with van der Waals surface area (Å²) in [5, 5.41) is 3.36. The molecule has 1 aliphatic rings. The number of halogens is 4. The van der Waals surface area contributed by atoms with Crippen molar-refractivity contribution in [2.45, 2.75) is 32.2 Å². The van der Waals surface area contributed by atoms with Gasteiger partial charge in [-0.25, -0.2) is 0 Å². The summed E-state index contributed by atoms with van der Waals surface area (Å²) in [6, 6.07) is 4.64. The molecule has 0 saturated heterocycles. The lowest BCUT2D eigenvalue weighted by Crippen LogP contribution is -2.31. The number of hydrogen-bond donors (Lipinski definition) is 1. The van der Waals surface area contributed by atoms with Crippen LogP contribution in [0.25, 0.3) is 0 Å². The second kappa shape index (κ2) is 6.87. The molecule has 1 aliphatic carbocycles. The molecule has 0 radical (unpaired) electrons. The first-order valence-electron chi connectivity index (χ1n) is 6.76. The van der Waals surface area contributed by atoms with Crippen LogP contribution >= 0.6 is 15.9 Å². The lowest BCUT2D eigenvalue weighted by Gasteiger charge is -2.14. The molecular formula is C14H17BrF3NO2. The van der Waals surface area contributed by atoms with Crippen molar-refractivity contribution in [3.63, 3.8) is 0 Å². The van der Waals surface area contributed by atoms with E-state index in [2.05, 4.69) is 32.9 Å². The van der Waals surface area contributed by atoms with Crippen LogP contribution in [-0.4, -0.2) is 25.6 Å². The highest BCUT2D eigenvalue weighted by Crippen LogP contribution is 2.33. The van der Waals surface area contributed by atoms with Crippen molar-refractivity contribution >= 4 is 15.9 Å². The van der Waals surface area contributed by atoms with Gasteiger partial charge in [0.25, 0.3) is 0 Å². The summed E-state index contributed by atoms with van der Waals surface area (Å²) >= 11 is 3.04. The standard InChI is InChI=1S/C14H17BrF3NO2/c1-9(10-2-3-10)19-6-7-20-11-4-5-13(12(15)8-11)21-14(16,17)18/h4-5,8-10,19H,2-3,6-7H2,1H3. The first kappa shape index (κ1) is 16.4. The van der Waals surface area contributed by atoms with Crippen LogP contribution in [0.5, 0.6) is 11.5 Å². The summed E-state index contributed by atoms with van der Waals surface area (Å²) in [7, 11) is 0. The van der Waals surface area contributed by atoms with E-state index < -0.39 is 6.36 Å². The fourth-order valence-electron chi connectivity index (χ4n) is 2.00. The monoisotopic (exact) mass is 367 g/mol. The minimum Gasteiger partial charge on any atom is -0.492 e. The molecule has 1 unspecified atom stereocenters. The van der Waals surface area contributed by atoms with Gasteiger partial charge in [-0.2, -0.15) is 0 Å².